The molecule has 1 heteroatoms. The van der Waals surface area contributed by atoms with Crippen molar-refractivity contribution in [1.29, 1.82) is 0 Å². The van der Waals surface area contributed by atoms with E-state index in [4.69, 9.17) is 0 Å². The van der Waals surface area contributed by atoms with Gasteiger partial charge in [0.05, 0.1) is 6.04 Å². The summed E-state index contributed by atoms with van der Waals surface area (Å²) in [5.74, 6) is 0. The summed E-state index contributed by atoms with van der Waals surface area (Å²) in [5, 5.41) is 1.37. The molecule has 116 valence electrons. The normalized spacial score (nSPS) is 16.4. The van der Waals surface area contributed by atoms with E-state index in [1.54, 1.807) is 0 Å². The van der Waals surface area contributed by atoms with Crippen molar-refractivity contribution in [2.75, 3.05) is 0 Å². The van der Waals surface area contributed by atoms with E-state index in [2.05, 4.69) is 89.5 Å². The highest BCUT2D eigenvalue weighted by Crippen LogP contribution is 2.44. The van der Waals surface area contributed by atoms with Gasteiger partial charge in [0.2, 0.25) is 0 Å². The zero-order valence-corrected chi connectivity index (χ0v) is 13.5. The third-order valence-electron chi connectivity index (χ3n) is 5.23. The Morgan fingerprint density at radius 2 is 1.38 bits per heavy atom. The molecule has 0 bridgehead atoms. The van der Waals surface area contributed by atoms with E-state index in [1.807, 2.05) is 0 Å². The van der Waals surface area contributed by atoms with Crippen LogP contribution in [-0.4, -0.2) is 4.57 Å². The molecule has 1 nitrogen and oxygen atoms in total. The van der Waals surface area contributed by atoms with Crippen LogP contribution in [0.2, 0.25) is 0 Å². The fourth-order valence-electron chi connectivity index (χ4n) is 4.24. The summed E-state index contributed by atoms with van der Waals surface area (Å²) in [6.45, 7) is 0. The van der Waals surface area contributed by atoms with Crippen LogP contribution in [0.5, 0.6) is 0 Å². The number of aromatic nitrogens is 1. The maximum absolute atomic E-state index is 2.58. The van der Waals surface area contributed by atoms with Gasteiger partial charge in [-0.15, -0.1) is 0 Å². The number of para-hydroxylation sites is 1. The van der Waals surface area contributed by atoms with Gasteiger partial charge in [-0.25, -0.2) is 0 Å². The van der Waals surface area contributed by atoms with Crippen LogP contribution in [0, 0.1) is 0 Å². The lowest BCUT2D eigenvalue weighted by atomic mass is 9.99. The summed E-state index contributed by atoms with van der Waals surface area (Å²) in [6.07, 6.45) is 2.32. The second-order valence-electron chi connectivity index (χ2n) is 6.54. The first-order valence-corrected chi connectivity index (χ1v) is 8.65. The summed E-state index contributed by atoms with van der Waals surface area (Å²) in [6, 6.07) is 31.1. The molecule has 1 aliphatic heterocycles. The average molecular weight is 309 g/mol. The van der Waals surface area contributed by atoms with Crippen LogP contribution in [0.4, 0.5) is 0 Å². The van der Waals surface area contributed by atoms with E-state index in [0.717, 1.165) is 6.42 Å². The molecular formula is C23H19N. The quantitative estimate of drug-likeness (QED) is 0.438. The first-order chi connectivity index (χ1) is 11.9. The number of nitrogens with zero attached hydrogens (tertiary/aromatic N) is 1. The lowest BCUT2D eigenvalue weighted by molar-refractivity contribution is 0.638. The molecule has 0 saturated heterocycles. The van der Waals surface area contributed by atoms with Gasteiger partial charge in [-0.2, -0.15) is 0 Å². The van der Waals surface area contributed by atoms with Crippen molar-refractivity contribution in [3.8, 4) is 11.1 Å². The predicted octanol–water partition coefficient (Wildman–Crippen LogP) is 5.84. The highest BCUT2D eigenvalue weighted by Gasteiger charge is 2.29. The van der Waals surface area contributed by atoms with Crippen molar-refractivity contribution in [1.82, 2.24) is 4.57 Å². The van der Waals surface area contributed by atoms with Crippen molar-refractivity contribution in [2.45, 2.75) is 18.9 Å². The number of fused-ring (bicyclic) bond motifs is 3. The molecule has 0 aliphatic carbocycles. The summed E-state index contributed by atoms with van der Waals surface area (Å²) in [4.78, 5) is 0. The van der Waals surface area contributed by atoms with Gasteiger partial charge in [-0.1, -0.05) is 78.9 Å². The monoisotopic (exact) mass is 309 g/mol. The van der Waals surface area contributed by atoms with Crippen molar-refractivity contribution >= 4 is 10.9 Å². The number of hydrogen-bond donors (Lipinski definition) is 0. The van der Waals surface area contributed by atoms with Gasteiger partial charge >= 0.3 is 0 Å². The lowest BCUT2D eigenvalue weighted by Crippen LogP contribution is -2.05. The van der Waals surface area contributed by atoms with Gasteiger partial charge in [0.1, 0.15) is 0 Å². The minimum Gasteiger partial charge on any atom is -0.336 e. The first kappa shape index (κ1) is 13.6. The first-order valence-electron chi connectivity index (χ1n) is 8.65. The summed E-state index contributed by atoms with van der Waals surface area (Å²) in [7, 11) is 0. The van der Waals surface area contributed by atoms with Crippen molar-refractivity contribution in [3.63, 3.8) is 0 Å². The van der Waals surface area contributed by atoms with Gasteiger partial charge in [0, 0.05) is 22.2 Å². The van der Waals surface area contributed by atoms with E-state index in [9.17, 15) is 0 Å². The van der Waals surface area contributed by atoms with Crippen LogP contribution in [0.1, 0.15) is 23.7 Å². The Bertz CT molecular complexity index is 996. The Balaban J connectivity index is 1.80. The van der Waals surface area contributed by atoms with Crippen molar-refractivity contribution in [3.05, 3.63) is 96.2 Å². The van der Waals surface area contributed by atoms with Crippen LogP contribution in [0.25, 0.3) is 22.0 Å². The lowest BCUT2D eigenvalue weighted by Gasteiger charge is -2.15. The highest BCUT2D eigenvalue weighted by molar-refractivity contribution is 5.98. The Kier molecular flexibility index (Phi) is 3.05. The third kappa shape index (κ3) is 1.94. The summed E-state index contributed by atoms with van der Waals surface area (Å²) < 4.78 is 2.58. The average Bonchev–Trinajstić information content (AvgIpc) is 3.21. The summed E-state index contributed by atoms with van der Waals surface area (Å²) >= 11 is 0. The standard InChI is InChI=1S/C23H19N/c1-3-9-17(10-4-1)20-15-16-22-23(18-11-5-2-6-12-18)19-13-7-8-14-21(19)24(20)22/h1-14,20H,15-16H2/t20-/m0/s1. The van der Waals surface area contributed by atoms with Gasteiger partial charge in [-0.05, 0) is 30.0 Å². The number of benzene rings is 3. The predicted molar refractivity (Wildman–Crippen MR) is 100 cm³/mol. The third-order valence-corrected chi connectivity index (χ3v) is 5.23. The molecule has 1 aliphatic rings. The Labute approximate surface area is 142 Å². The minimum absolute atomic E-state index is 0.448. The van der Waals surface area contributed by atoms with Crippen LogP contribution in [0.3, 0.4) is 0 Å². The van der Waals surface area contributed by atoms with Gasteiger partial charge in [-0.3, -0.25) is 0 Å². The zero-order valence-electron chi connectivity index (χ0n) is 13.5. The van der Waals surface area contributed by atoms with E-state index >= 15 is 0 Å². The topological polar surface area (TPSA) is 4.93 Å². The Hall–Kier alpha value is -2.80. The highest BCUT2D eigenvalue weighted by atomic mass is 15.1. The molecule has 0 fully saturated rings. The summed E-state index contributed by atoms with van der Waals surface area (Å²) in [5.41, 5.74) is 7.01. The van der Waals surface area contributed by atoms with E-state index in [0.29, 0.717) is 6.04 Å². The molecule has 24 heavy (non-hydrogen) atoms. The van der Waals surface area contributed by atoms with Gasteiger partial charge < -0.3 is 4.57 Å². The molecule has 4 aromatic rings. The largest absolute Gasteiger partial charge is 0.336 e. The molecule has 1 atom stereocenters. The fraction of sp³-hybridized carbons (Fsp3) is 0.130. The molecule has 0 spiro atoms. The molecule has 1 aromatic heterocycles. The maximum atomic E-state index is 2.58. The second-order valence-corrected chi connectivity index (χ2v) is 6.54. The minimum atomic E-state index is 0.448. The van der Waals surface area contributed by atoms with Gasteiger partial charge in [0.15, 0.2) is 0 Å². The molecule has 0 N–H and O–H groups in total. The van der Waals surface area contributed by atoms with Gasteiger partial charge in [0.25, 0.3) is 0 Å². The molecule has 0 amide bonds. The van der Waals surface area contributed by atoms with E-state index < -0.39 is 0 Å². The Morgan fingerprint density at radius 1 is 0.708 bits per heavy atom. The molecule has 0 radical (unpaired) electrons. The Morgan fingerprint density at radius 3 is 2.17 bits per heavy atom. The molecule has 3 aromatic carbocycles. The smallest absolute Gasteiger partial charge is 0.0592 e. The van der Waals surface area contributed by atoms with E-state index in [1.165, 1.54) is 39.7 Å². The zero-order chi connectivity index (χ0) is 15.9. The van der Waals surface area contributed by atoms with Crippen LogP contribution in [-0.2, 0) is 6.42 Å². The molecule has 5 rings (SSSR count). The van der Waals surface area contributed by atoms with Crippen molar-refractivity contribution < 1.29 is 0 Å². The fourth-order valence-corrected chi connectivity index (χ4v) is 4.24. The van der Waals surface area contributed by atoms with Crippen LogP contribution >= 0.6 is 0 Å². The van der Waals surface area contributed by atoms with Crippen LogP contribution in [0.15, 0.2) is 84.9 Å². The molecule has 2 heterocycles. The number of hydrogen-bond acceptors (Lipinski definition) is 0. The second kappa shape index (κ2) is 5.38. The SMILES string of the molecule is c1ccc(-c2c3n(c4ccccc24)[C@H](c2ccccc2)CC3)cc1. The van der Waals surface area contributed by atoms with Crippen molar-refractivity contribution in [2.24, 2.45) is 0 Å². The van der Waals surface area contributed by atoms with Crippen LogP contribution < -0.4 is 0 Å². The molecule has 0 unspecified atom stereocenters. The molecule has 0 saturated carbocycles. The maximum Gasteiger partial charge on any atom is 0.0592 e. The van der Waals surface area contributed by atoms with E-state index in [-0.39, 0.29) is 0 Å². The number of rotatable bonds is 2. The molecular weight excluding hydrogens is 290 g/mol.